The number of carbonyl (C=O) groups excluding carboxylic acids is 1. The van der Waals surface area contributed by atoms with Crippen LogP contribution in [0.1, 0.15) is 39.6 Å². The van der Waals surface area contributed by atoms with Crippen molar-refractivity contribution in [2.24, 2.45) is 0 Å². The number of carbonyl (C=O) groups is 1. The van der Waals surface area contributed by atoms with Gasteiger partial charge in [-0.05, 0) is 42.5 Å². The summed E-state index contributed by atoms with van der Waals surface area (Å²) < 4.78 is 26.0. The van der Waals surface area contributed by atoms with Gasteiger partial charge < -0.3 is 4.90 Å². The highest BCUT2D eigenvalue weighted by molar-refractivity contribution is 7.91. The Bertz CT molecular complexity index is 1250. The number of benzene rings is 2. The molecule has 1 saturated heterocycles. The molecule has 0 N–H and O–H groups in total. The highest BCUT2D eigenvalue weighted by Crippen LogP contribution is 2.31. The Balaban J connectivity index is 1.50. The van der Waals surface area contributed by atoms with E-state index in [0.29, 0.717) is 25.2 Å². The van der Waals surface area contributed by atoms with Crippen molar-refractivity contribution in [3.8, 4) is 11.3 Å². The number of sulfone groups is 1. The highest BCUT2D eigenvalue weighted by Gasteiger charge is 2.33. The summed E-state index contributed by atoms with van der Waals surface area (Å²) in [5.41, 5.74) is 5.70. The lowest BCUT2D eigenvalue weighted by Crippen LogP contribution is -2.36. The lowest BCUT2D eigenvalue weighted by Gasteiger charge is -2.28. The minimum Gasteiger partial charge on any atom is -0.333 e. The van der Waals surface area contributed by atoms with Crippen molar-refractivity contribution in [3.63, 3.8) is 0 Å². The van der Waals surface area contributed by atoms with Crippen LogP contribution in [-0.2, 0) is 22.8 Å². The molecule has 0 aliphatic carbocycles. The van der Waals surface area contributed by atoms with Crippen LogP contribution in [0.5, 0.6) is 0 Å². The van der Waals surface area contributed by atoms with Gasteiger partial charge in [-0.1, -0.05) is 54.1 Å². The molecular weight excluding hydrogens is 410 g/mol. The molecule has 7 heteroatoms. The van der Waals surface area contributed by atoms with E-state index in [2.05, 4.69) is 17.2 Å². The predicted molar refractivity (Wildman–Crippen MR) is 120 cm³/mol. The average Bonchev–Trinajstić information content (AvgIpc) is 3.37. The number of amides is 1. The van der Waals surface area contributed by atoms with E-state index in [-0.39, 0.29) is 23.5 Å². The van der Waals surface area contributed by atoms with Crippen LogP contribution < -0.4 is 0 Å². The molecule has 3 heterocycles. The van der Waals surface area contributed by atoms with Gasteiger partial charge >= 0.3 is 0 Å². The molecule has 1 amide bonds. The Hall–Kier alpha value is -2.93. The number of aromatic nitrogens is 2. The predicted octanol–water partition coefficient (Wildman–Crippen LogP) is 3.42. The highest BCUT2D eigenvalue weighted by atomic mass is 32.2. The molecule has 0 unspecified atom stereocenters. The number of nitrogens with zero attached hydrogens (tertiary/aromatic N) is 3. The van der Waals surface area contributed by atoms with Gasteiger partial charge in [-0.15, -0.1) is 0 Å². The first-order valence-corrected chi connectivity index (χ1v) is 12.4. The zero-order chi connectivity index (χ0) is 21.6. The minimum absolute atomic E-state index is 0.0677. The van der Waals surface area contributed by atoms with Crippen LogP contribution in [0, 0.1) is 6.92 Å². The lowest BCUT2D eigenvalue weighted by molar-refractivity contribution is 0.0727. The summed E-state index contributed by atoms with van der Waals surface area (Å²) in [7, 11) is -3.07. The molecule has 31 heavy (non-hydrogen) atoms. The molecule has 5 rings (SSSR count). The van der Waals surface area contributed by atoms with Gasteiger partial charge in [0.2, 0.25) is 0 Å². The summed E-state index contributed by atoms with van der Waals surface area (Å²) in [5, 5.41) is 4.65. The molecular formula is C24H25N3O3S. The first-order valence-electron chi connectivity index (χ1n) is 10.6. The second-order valence-electron chi connectivity index (χ2n) is 8.53. The monoisotopic (exact) mass is 435 g/mol. The molecule has 0 radical (unpaired) electrons. The number of fused-ring (bicyclic) bond motifs is 1. The standard InChI is InChI=1S/C24H25N3O3S/c1-17-6-8-19(9-7-17)23-14-22(25-27(23)21-11-13-31(29,30)16-21)24(28)26-12-10-18-4-2-3-5-20(18)15-26/h2-9,14,21H,10-13,15-16H2,1H3/t21-/m0/s1. The maximum absolute atomic E-state index is 13.3. The topological polar surface area (TPSA) is 72.3 Å². The first-order chi connectivity index (χ1) is 14.9. The van der Waals surface area contributed by atoms with Crippen molar-refractivity contribution in [1.82, 2.24) is 14.7 Å². The molecule has 1 atom stereocenters. The fraction of sp³-hybridized carbons (Fsp3) is 0.333. The normalized spacial score (nSPS) is 19.9. The number of rotatable bonds is 3. The van der Waals surface area contributed by atoms with Gasteiger partial charge in [0.1, 0.15) is 0 Å². The third-order valence-electron chi connectivity index (χ3n) is 6.27. The van der Waals surface area contributed by atoms with Crippen LogP contribution in [0.25, 0.3) is 11.3 Å². The zero-order valence-electron chi connectivity index (χ0n) is 17.5. The van der Waals surface area contributed by atoms with E-state index >= 15 is 0 Å². The molecule has 1 aromatic heterocycles. The van der Waals surface area contributed by atoms with Crippen LogP contribution in [0.4, 0.5) is 0 Å². The molecule has 6 nitrogen and oxygen atoms in total. The molecule has 2 aromatic carbocycles. The van der Waals surface area contributed by atoms with Gasteiger partial charge in [-0.2, -0.15) is 5.10 Å². The van der Waals surface area contributed by atoms with Crippen molar-refractivity contribution in [3.05, 3.63) is 77.0 Å². The molecule has 0 bridgehead atoms. The maximum Gasteiger partial charge on any atom is 0.274 e. The SMILES string of the molecule is Cc1ccc(-c2cc(C(=O)N3CCc4ccccc4C3)nn2[C@H]2CCS(=O)(=O)C2)cc1. The third kappa shape index (κ3) is 3.90. The van der Waals surface area contributed by atoms with Gasteiger partial charge in [0.15, 0.2) is 15.5 Å². The smallest absolute Gasteiger partial charge is 0.274 e. The molecule has 2 aliphatic heterocycles. The van der Waals surface area contributed by atoms with Crippen LogP contribution in [0.3, 0.4) is 0 Å². The Kier molecular flexibility index (Phi) is 4.93. The molecule has 160 valence electrons. The third-order valence-corrected chi connectivity index (χ3v) is 8.02. The Morgan fingerprint density at radius 1 is 1.06 bits per heavy atom. The van der Waals surface area contributed by atoms with Gasteiger partial charge in [0.25, 0.3) is 5.91 Å². The lowest BCUT2D eigenvalue weighted by atomic mass is 10.00. The number of hydrogen-bond acceptors (Lipinski definition) is 4. The molecule has 0 saturated carbocycles. The van der Waals surface area contributed by atoms with Crippen molar-refractivity contribution >= 4 is 15.7 Å². The maximum atomic E-state index is 13.3. The Labute approximate surface area is 182 Å². The molecule has 0 spiro atoms. The van der Waals surface area contributed by atoms with Gasteiger partial charge in [0.05, 0.1) is 23.2 Å². The fourth-order valence-electron chi connectivity index (χ4n) is 4.52. The van der Waals surface area contributed by atoms with E-state index in [4.69, 9.17) is 0 Å². The zero-order valence-corrected chi connectivity index (χ0v) is 18.3. The van der Waals surface area contributed by atoms with Crippen molar-refractivity contribution in [2.45, 2.75) is 32.4 Å². The van der Waals surface area contributed by atoms with Crippen LogP contribution in [0.2, 0.25) is 0 Å². The average molecular weight is 436 g/mol. The van der Waals surface area contributed by atoms with Gasteiger partial charge in [-0.3, -0.25) is 9.48 Å². The first kappa shape index (κ1) is 20.0. The molecule has 2 aliphatic rings. The van der Waals surface area contributed by atoms with E-state index in [1.54, 1.807) is 4.68 Å². The second kappa shape index (κ2) is 7.64. The van der Waals surface area contributed by atoms with E-state index in [0.717, 1.165) is 23.2 Å². The fourth-order valence-corrected chi connectivity index (χ4v) is 6.21. The Morgan fingerprint density at radius 2 is 1.81 bits per heavy atom. The quantitative estimate of drug-likeness (QED) is 0.632. The largest absolute Gasteiger partial charge is 0.333 e. The summed E-state index contributed by atoms with van der Waals surface area (Å²) in [6, 6.07) is 17.8. The number of hydrogen-bond donors (Lipinski definition) is 0. The van der Waals surface area contributed by atoms with Crippen LogP contribution in [-0.4, -0.2) is 47.1 Å². The summed E-state index contributed by atoms with van der Waals surface area (Å²) in [4.78, 5) is 15.2. The van der Waals surface area contributed by atoms with E-state index in [1.807, 2.05) is 54.3 Å². The van der Waals surface area contributed by atoms with Crippen molar-refractivity contribution < 1.29 is 13.2 Å². The molecule has 3 aromatic rings. The summed E-state index contributed by atoms with van der Waals surface area (Å²) in [6.45, 7) is 3.24. The molecule has 1 fully saturated rings. The van der Waals surface area contributed by atoms with Crippen LogP contribution >= 0.6 is 0 Å². The number of aryl methyl sites for hydroxylation is 1. The Morgan fingerprint density at radius 3 is 2.52 bits per heavy atom. The second-order valence-corrected chi connectivity index (χ2v) is 10.8. The van der Waals surface area contributed by atoms with Crippen molar-refractivity contribution in [1.29, 1.82) is 0 Å². The van der Waals surface area contributed by atoms with E-state index in [1.165, 1.54) is 11.1 Å². The van der Waals surface area contributed by atoms with Gasteiger partial charge in [0, 0.05) is 13.1 Å². The van der Waals surface area contributed by atoms with Crippen LogP contribution in [0.15, 0.2) is 54.6 Å². The van der Waals surface area contributed by atoms with E-state index in [9.17, 15) is 13.2 Å². The van der Waals surface area contributed by atoms with Crippen molar-refractivity contribution in [2.75, 3.05) is 18.1 Å². The van der Waals surface area contributed by atoms with Gasteiger partial charge in [-0.25, -0.2) is 8.42 Å². The summed E-state index contributed by atoms with van der Waals surface area (Å²) >= 11 is 0. The summed E-state index contributed by atoms with van der Waals surface area (Å²) in [5.74, 6) is 0.123. The minimum atomic E-state index is -3.07. The van der Waals surface area contributed by atoms with E-state index < -0.39 is 9.84 Å². The summed E-state index contributed by atoms with van der Waals surface area (Å²) in [6.07, 6.45) is 1.35.